The van der Waals surface area contributed by atoms with Crippen LogP contribution in [0.5, 0.6) is 0 Å². The van der Waals surface area contributed by atoms with Gasteiger partial charge in [-0.1, -0.05) is 18.3 Å². The molecule has 1 aromatic heterocycles. The molecular weight excluding hydrogens is 156 g/mol. The topological polar surface area (TPSA) is 16.1 Å². The van der Waals surface area contributed by atoms with Gasteiger partial charge in [0.2, 0.25) is 0 Å². The van der Waals surface area contributed by atoms with Crippen LogP contribution in [-0.4, -0.2) is 17.0 Å². The highest BCUT2D eigenvalue weighted by molar-refractivity contribution is 7.80. The number of hydrogen-bond acceptors (Lipinski definition) is 2. The molecule has 2 nitrogen and oxygen atoms in total. The Labute approximate surface area is 70.9 Å². The van der Waals surface area contributed by atoms with Crippen LogP contribution in [0.15, 0.2) is 18.3 Å². The number of nitrogens with zero attached hydrogens (tertiary/aromatic N) is 2. The zero-order chi connectivity index (χ0) is 7.84. The third-order valence-corrected chi connectivity index (χ3v) is 2.32. The van der Waals surface area contributed by atoms with Crippen molar-refractivity contribution >= 4 is 23.0 Å². The van der Waals surface area contributed by atoms with Crippen molar-refractivity contribution in [2.24, 2.45) is 0 Å². The van der Waals surface area contributed by atoms with Crippen molar-refractivity contribution in [3.63, 3.8) is 0 Å². The quantitative estimate of drug-likeness (QED) is 0.539. The number of rotatable bonds is 0. The molecule has 0 atom stereocenters. The van der Waals surface area contributed by atoms with Crippen LogP contribution in [0.3, 0.4) is 0 Å². The lowest BCUT2D eigenvalue weighted by Crippen LogP contribution is -2.19. The Balaban J connectivity index is 2.55. The van der Waals surface area contributed by atoms with E-state index in [9.17, 15) is 0 Å². The molecule has 0 aliphatic carbocycles. The molecular formula is C8H8N2S. The highest BCUT2D eigenvalue weighted by Crippen LogP contribution is 2.24. The van der Waals surface area contributed by atoms with E-state index in [-0.39, 0.29) is 0 Å². The molecule has 0 amide bonds. The zero-order valence-electron chi connectivity index (χ0n) is 6.24. The molecule has 0 fully saturated rings. The van der Waals surface area contributed by atoms with Gasteiger partial charge in [-0.15, -0.1) is 0 Å². The van der Waals surface area contributed by atoms with Crippen LogP contribution in [0.4, 0.5) is 5.82 Å². The van der Waals surface area contributed by atoms with Gasteiger partial charge in [0.25, 0.3) is 0 Å². The summed E-state index contributed by atoms with van der Waals surface area (Å²) in [4.78, 5) is 7.15. The van der Waals surface area contributed by atoms with Crippen molar-refractivity contribution in [2.75, 3.05) is 11.9 Å². The van der Waals surface area contributed by atoms with Crippen molar-refractivity contribution < 1.29 is 0 Å². The maximum absolute atomic E-state index is 5.13. The largest absolute Gasteiger partial charge is 0.323 e. The Bertz CT molecular complexity index is 309. The molecule has 11 heavy (non-hydrogen) atoms. The first kappa shape index (κ1) is 6.73. The summed E-state index contributed by atoms with van der Waals surface area (Å²) in [5, 5.41) is 0. The van der Waals surface area contributed by atoms with Crippen LogP contribution in [0.25, 0.3) is 0 Å². The Morgan fingerprint density at radius 2 is 2.45 bits per heavy atom. The summed E-state index contributed by atoms with van der Waals surface area (Å²) in [6.45, 7) is 0. The minimum atomic E-state index is 0.870. The molecule has 3 heteroatoms. The van der Waals surface area contributed by atoms with Gasteiger partial charge in [0, 0.05) is 25.2 Å². The van der Waals surface area contributed by atoms with Gasteiger partial charge >= 0.3 is 0 Å². The van der Waals surface area contributed by atoms with Crippen LogP contribution in [0, 0.1) is 0 Å². The van der Waals surface area contributed by atoms with E-state index in [0.29, 0.717) is 0 Å². The highest BCUT2D eigenvalue weighted by Gasteiger charge is 2.20. The van der Waals surface area contributed by atoms with Gasteiger partial charge in [0.05, 0.1) is 4.99 Å². The molecule has 0 bridgehead atoms. The van der Waals surface area contributed by atoms with Gasteiger partial charge in [0.1, 0.15) is 5.82 Å². The fraction of sp³-hybridized carbons (Fsp3) is 0.250. The second-order valence-electron chi connectivity index (χ2n) is 2.62. The molecule has 1 aliphatic rings. The lowest BCUT2D eigenvalue weighted by Gasteiger charge is -2.09. The predicted octanol–water partition coefficient (Wildman–Crippen LogP) is 1.40. The summed E-state index contributed by atoms with van der Waals surface area (Å²) in [6, 6.07) is 4.01. The molecule has 2 rings (SSSR count). The molecule has 0 radical (unpaired) electrons. The van der Waals surface area contributed by atoms with E-state index in [4.69, 9.17) is 12.2 Å². The van der Waals surface area contributed by atoms with E-state index in [2.05, 4.69) is 11.1 Å². The van der Waals surface area contributed by atoms with Crippen molar-refractivity contribution in [3.05, 3.63) is 23.9 Å². The average Bonchev–Trinajstić information content (AvgIpc) is 2.30. The first-order chi connectivity index (χ1) is 5.29. The second-order valence-corrected chi connectivity index (χ2v) is 3.09. The maximum atomic E-state index is 5.13. The minimum absolute atomic E-state index is 0.870. The van der Waals surface area contributed by atoms with Crippen LogP contribution in [0.1, 0.15) is 5.56 Å². The molecule has 1 aromatic rings. The van der Waals surface area contributed by atoms with E-state index in [1.54, 1.807) is 6.20 Å². The van der Waals surface area contributed by atoms with Crippen molar-refractivity contribution in [2.45, 2.75) is 6.42 Å². The van der Waals surface area contributed by atoms with Crippen molar-refractivity contribution in [3.8, 4) is 0 Å². The molecule has 0 unspecified atom stereocenters. The number of thiocarbonyl (C=S) groups is 1. The van der Waals surface area contributed by atoms with Gasteiger partial charge in [-0.2, -0.15) is 0 Å². The normalized spacial score (nSPS) is 15.4. The summed E-state index contributed by atoms with van der Waals surface area (Å²) in [7, 11) is 1.96. The monoisotopic (exact) mass is 164 g/mol. The summed E-state index contributed by atoms with van der Waals surface area (Å²) < 4.78 is 0. The Morgan fingerprint density at radius 1 is 1.64 bits per heavy atom. The minimum Gasteiger partial charge on any atom is -0.323 e. The summed E-state index contributed by atoms with van der Waals surface area (Å²) in [5.74, 6) is 1.01. The molecule has 1 aliphatic heterocycles. The van der Waals surface area contributed by atoms with E-state index in [1.807, 2.05) is 18.0 Å². The van der Waals surface area contributed by atoms with E-state index < -0.39 is 0 Å². The Morgan fingerprint density at radius 3 is 3.18 bits per heavy atom. The second kappa shape index (κ2) is 2.27. The lowest BCUT2D eigenvalue weighted by atomic mass is 10.2. The van der Waals surface area contributed by atoms with Crippen LogP contribution >= 0.6 is 12.2 Å². The molecule has 2 heterocycles. The fourth-order valence-electron chi connectivity index (χ4n) is 1.27. The first-order valence-electron chi connectivity index (χ1n) is 3.49. The van der Waals surface area contributed by atoms with Gasteiger partial charge in [-0.05, 0) is 6.07 Å². The maximum Gasteiger partial charge on any atom is 0.136 e. The molecule has 0 saturated heterocycles. The fourth-order valence-corrected chi connectivity index (χ4v) is 1.51. The third-order valence-electron chi connectivity index (χ3n) is 1.90. The van der Waals surface area contributed by atoms with Crippen LogP contribution in [0.2, 0.25) is 0 Å². The average molecular weight is 164 g/mol. The van der Waals surface area contributed by atoms with Gasteiger partial charge in [0.15, 0.2) is 0 Å². The standard InChI is InChI=1S/C8H8N2S/c1-10-7(11)5-6-3-2-4-9-8(6)10/h2-4H,5H2,1H3. The van der Waals surface area contributed by atoms with Gasteiger partial charge < -0.3 is 4.90 Å². The number of fused-ring (bicyclic) bond motifs is 1. The summed E-state index contributed by atoms with van der Waals surface area (Å²) >= 11 is 5.13. The lowest BCUT2D eigenvalue weighted by molar-refractivity contribution is 1.19. The van der Waals surface area contributed by atoms with E-state index in [1.165, 1.54) is 5.56 Å². The molecule has 0 spiro atoms. The number of hydrogen-bond donors (Lipinski definition) is 0. The SMILES string of the molecule is CN1C(=S)Cc2cccnc21. The smallest absolute Gasteiger partial charge is 0.136 e. The first-order valence-corrected chi connectivity index (χ1v) is 3.90. The highest BCUT2D eigenvalue weighted by atomic mass is 32.1. The predicted molar refractivity (Wildman–Crippen MR) is 48.9 cm³/mol. The van der Waals surface area contributed by atoms with E-state index >= 15 is 0 Å². The molecule has 0 aromatic carbocycles. The molecule has 0 N–H and O–H groups in total. The summed E-state index contributed by atoms with van der Waals surface area (Å²) in [5.41, 5.74) is 1.24. The number of likely N-dealkylation sites (N-methyl/N-ethyl adjacent to an activating group) is 1. The van der Waals surface area contributed by atoms with Crippen LogP contribution < -0.4 is 4.90 Å². The van der Waals surface area contributed by atoms with Crippen molar-refractivity contribution in [1.82, 2.24) is 4.98 Å². The number of aromatic nitrogens is 1. The number of anilines is 1. The number of pyridine rings is 1. The van der Waals surface area contributed by atoms with Crippen LogP contribution in [-0.2, 0) is 6.42 Å². The molecule has 0 saturated carbocycles. The van der Waals surface area contributed by atoms with Gasteiger partial charge in [-0.3, -0.25) is 0 Å². The Hall–Kier alpha value is -0.960. The molecule has 56 valence electrons. The van der Waals surface area contributed by atoms with Crippen molar-refractivity contribution in [1.29, 1.82) is 0 Å². The summed E-state index contributed by atoms with van der Waals surface area (Å²) in [6.07, 6.45) is 2.66. The zero-order valence-corrected chi connectivity index (χ0v) is 7.06. The third kappa shape index (κ3) is 0.922. The Kier molecular flexibility index (Phi) is 1.39. The van der Waals surface area contributed by atoms with Gasteiger partial charge in [-0.25, -0.2) is 4.98 Å². The van der Waals surface area contributed by atoms with E-state index in [0.717, 1.165) is 17.2 Å².